The molecule has 0 bridgehead atoms. The molecule has 2 fully saturated rings. The molecule has 0 saturated carbocycles. The largest absolute Gasteiger partial charge is 0.394 e. The van der Waals surface area contributed by atoms with Gasteiger partial charge in [0.2, 0.25) is 5.91 Å². The molecule has 2 saturated heterocycles. The Morgan fingerprint density at radius 3 is 1.25 bits per heavy atom. The minimum Gasteiger partial charge on any atom is -0.394 e. The van der Waals surface area contributed by atoms with Crippen LogP contribution in [0.15, 0.2) is 0 Å². The Bertz CT molecular complexity index is 1150. The van der Waals surface area contributed by atoms with Crippen molar-refractivity contribution < 1.29 is 64.6 Å². The Hall–Kier alpha value is -1.01. The molecule has 2 aliphatic rings. The van der Waals surface area contributed by atoms with Crippen LogP contribution in [0.3, 0.4) is 0 Å². The Morgan fingerprint density at radius 1 is 0.471 bits per heavy atom. The van der Waals surface area contributed by atoms with Gasteiger partial charge in [-0.15, -0.1) is 0 Å². The fourth-order valence-corrected chi connectivity index (χ4v) is 9.71. The molecule has 0 radical (unpaired) electrons. The number of hydrogen-bond acceptors (Lipinski definition) is 13. The first-order chi connectivity index (χ1) is 33.1. The summed E-state index contributed by atoms with van der Waals surface area (Å²) in [4.78, 5) is 13.2. The molecule has 404 valence electrons. The quantitative estimate of drug-likeness (QED) is 0.0261. The number of hydrogen-bond donors (Lipinski definition) is 9. The van der Waals surface area contributed by atoms with Crippen molar-refractivity contribution in [2.24, 2.45) is 0 Å². The predicted octanol–water partition coefficient (Wildman–Crippen LogP) is 8.56. The number of rotatable bonds is 45. The van der Waals surface area contributed by atoms with Crippen LogP contribution in [-0.4, -0.2) is 140 Å². The van der Waals surface area contributed by atoms with E-state index in [0.29, 0.717) is 12.8 Å². The van der Waals surface area contributed by atoms with Gasteiger partial charge in [-0.05, 0) is 12.8 Å². The standard InChI is InChI=1S/C54H105NO13/c1-3-5-7-9-11-13-14-15-16-17-18-19-20-21-22-23-24-25-26-27-28-30-32-34-36-38-46(59)55-42(43(58)37-35-33-31-29-12-10-8-6-4-2)41-65-53-51(64)49(62)52(45(40-57)67-53)68-54-50(63)48(61)47(60)44(39-56)66-54/h42-45,47-54,56-58,60-64H,3-41H2,1-2H3,(H,55,59). The summed E-state index contributed by atoms with van der Waals surface area (Å²) in [6.07, 6.45) is 27.1. The SMILES string of the molecule is CCCCCCCCCCCCCCCCCCCCCCCCCCCC(=O)NC(COC1OC(CO)C(OC2OC(CO)C(O)C(O)C2O)C(O)C1O)C(O)CCCCCCCCCCC. The third-order valence-corrected chi connectivity index (χ3v) is 14.3. The van der Waals surface area contributed by atoms with Crippen molar-refractivity contribution in [1.29, 1.82) is 0 Å². The van der Waals surface area contributed by atoms with E-state index in [1.165, 1.54) is 167 Å². The molecule has 0 aliphatic carbocycles. The maximum absolute atomic E-state index is 13.2. The maximum Gasteiger partial charge on any atom is 0.220 e. The Balaban J connectivity index is 1.67. The summed E-state index contributed by atoms with van der Waals surface area (Å²) in [5.41, 5.74) is 0. The average molecular weight is 976 g/mol. The summed E-state index contributed by atoms with van der Waals surface area (Å²) < 4.78 is 22.7. The molecule has 14 nitrogen and oxygen atoms in total. The van der Waals surface area contributed by atoms with Gasteiger partial charge in [0, 0.05) is 6.42 Å². The first-order valence-corrected chi connectivity index (χ1v) is 28.3. The maximum atomic E-state index is 13.2. The molecule has 2 aliphatic heterocycles. The minimum absolute atomic E-state index is 0.204. The van der Waals surface area contributed by atoms with Gasteiger partial charge in [0.05, 0.1) is 32.0 Å². The molecule has 0 aromatic rings. The lowest BCUT2D eigenvalue weighted by atomic mass is 9.97. The summed E-state index contributed by atoms with van der Waals surface area (Å²) in [6.45, 7) is 2.85. The summed E-state index contributed by atoms with van der Waals surface area (Å²) in [6, 6.07) is -0.820. The number of amides is 1. The molecule has 14 heteroatoms. The Morgan fingerprint density at radius 2 is 0.838 bits per heavy atom. The highest BCUT2D eigenvalue weighted by Crippen LogP contribution is 2.30. The van der Waals surface area contributed by atoms with Gasteiger partial charge in [-0.2, -0.15) is 0 Å². The van der Waals surface area contributed by atoms with Crippen LogP contribution in [0.25, 0.3) is 0 Å². The van der Waals surface area contributed by atoms with Gasteiger partial charge in [-0.1, -0.05) is 226 Å². The van der Waals surface area contributed by atoms with Crippen LogP contribution < -0.4 is 5.32 Å². The van der Waals surface area contributed by atoms with Gasteiger partial charge >= 0.3 is 0 Å². The van der Waals surface area contributed by atoms with Crippen LogP contribution in [0, 0.1) is 0 Å². The molecule has 0 aromatic heterocycles. The molecular weight excluding hydrogens is 871 g/mol. The second kappa shape index (κ2) is 41.5. The summed E-state index contributed by atoms with van der Waals surface area (Å²) in [5.74, 6) is -0.204. The zero-order valence-electron chi connectivity index (χ0n) is 43.1. The van der Waals surface area contributed by atoms with E-state index in [1.54, 1.807) is 0 Å². The third-order valence-electron chi connectivity index (χ3n) is 14.3. The lowest BCUT2D eigenvalue weighted by Crippen LogP contribution is -2.65. The smallest absolute Gasteiger partial charge is 0.220 e. The van der Waals surface area contributed by atoms with Gasteiger partial charge in [0.25, 0.3) is 0 Å². The van der Waals surface area contributed by atoms with E-state index < -0.39 is 86.8 Å². The molecule has 68 heavy (non-hydrogen) atoms. The van der Waals surface area contributed by atoms with Crippen molar-refractivity contribution in [3.8, 4) is 0 Å². The molecule has 12 atom stereocenters. The highest BCUT2D eigenvalue weighted by Gasteiger charge is 2.51. The summed E-state index contributed by atoms with van der Waals surface area (Å²) in [7, 11) is 0. The Labute approximate surface area is 413 Å². The molecule has 2 heterocycles. The number of unbranched alkanes of at least 4 members (excludes halogenated alkanes) is 32. The van der Waals surface area contributed by atoms with Gasteiger partial charge in [-0.25, -0.2) is 0 Å². The first kappa shape index (κ1) is 63.1. The lowest BCUT2D eigenvalue weighted by molar-refractivity contribution is -0.359. The third kappa shape index (κ3) is 27.7. The van der Waals surface area contributed by atoms with Crippen LogP contribution in [0.2, 0.25) is 0 Å². The number of carbonyl (C=O) groups excluding carboxylic acids is 1. The van der Waals surface area contributed by atoms with Crippen LogP contribution >= 0.6 is 0 Å². The second-order valence-corrected chi connectivity index (χ2v) is 20.4. The topological polar surface area (TPSA) is 228 Å². The van der Waals surface area contributed by atoms with E-state index in [2.05, 4.69) is 19.2 Å². The normalized spacial score (nSPS) is 26.3. The molecule has 9 N–H and O–H groups in total. The van der Waals surface area contributed by atoms with Gasteiger partial charge in [0.15, 0.2) is 12.6 Å². The number of carbonyl (C=O) groups is 1. The van der Waals surface area contributed by atoms with E-state index in [0.717, 1.165) is 51.4 Å². The zero-order valence-corrected chi connectivity index (χ0v) is 43.1. The second-order valence-electron chi connectivity index (χ2n) is 20.4. The van der Waals surface area contributed by atoms with Crippen molar-refractivity contribution in [3.05, 3.63) is 0 Å². The highest BCUT2D eigenvalue weighted by molar-refractivity contribution is 5.76. The molecule has 0 spiro atoms. The number of aliphatic hydroxyl groups excluding tert-OH is 8. The Kier molecular flexibility index (Phi) is 38.5. The van der Waals surface area contributed by atoms with Crippen molar-refractivity contribution >= 4 is 5.91 Å². The van der Waals surface area contributed by atoms with Crippen molar-refractivity contribution in [3.63, 3.8) is 0 Å². The van der Waals surface area contributed by atoms with E-state index in [4.69, 9.17) is 18.9 Å². The first-order valence-electron chi connectivity index (χ1n) is 28.3. The van der Waals surface area contributed by atoms with Crippen molar-refractivity contribution in [2.75, 3.05) is 19.8 Å². The molecule has 0 aromatic carbocycles. The van der Waals surface area contributed by atoms with E-state index in [-0.39, 0.29) is 12.5 Å². The van der Waals surface area contributed by atoms with E-state index in [9.17, 15) is 45.6 Å². The number of ether oxygens (including phenoxy) is 4. The summed E-state index contributed by atoms with van der Waals surface area (Å²) in [5, 5.41) is 86.8. The van der Waals surface area contributed by atoms with Crippen LogP contribution in [0.5, 0.6) is 0 Å². The van der Waals surface area contributed by atoms with E-state index >= 15 is 0 Å². The fourth-order valence-electron chi connectivity index (χ4n) is 9.71. The van der Waals surface area contributed by atoms with Gasteiger partial charge < -0.3 is 65.1 Å². The molecule has 2 rings (SSSR count). The van der Waals surface area contributed by atoms with Crippen molar-refractivity contribution in [1.82, 2.24) is 5.32 Å². The summed E-state index contributed by atoms with van der Waals surface area (Å²) >= 11 is 0. The molecule has 12 unspecified atom stereocenters. The van der Waals surface area contributed by atoms with E-state index in [1.807, 2.05) is 0 Å². The van der Waals surface area contributed by atoms with Gasteiger partial charge in [0.1, 0.15) is 48.8 Å². The highest BCUT2D eigenvalue weighted by atomic mass is 16.7. The molecule has 1 amide bonds. The molecular formula is C54H105NO13. The van der Waals surface area contributed by atoms with Crippen LogP contribution in [0.4, 0.5) is 0 Å². The lowest BCUT2D eigenvalue weighted by Gasteiger charge is -2.46. The van der Waals surface area contributed by atoms with Crippen molar-refractivity contribution in [2.45, 2.75) is 319 Å². The zero-order chi connectivity index (χ0) is 49.6. The average Bonchev–Trinajstić information content (AvgIpc) is 3.34. The van der Waals surface area contributed by atoms with Crippen LogP contribution in [0.1, 0.15) is 245 Å². The number of nitrogens with one attached hydrogen (secondary N) is 1. The van der Waals surface area contributed by atoms with Gasteiger partial charge in [-0.3, -0.25) is 4.79 Å². The van der Waals surface area contributed by atoms with Crippen LogP contribution in [-0.2, 0) is 23.7 Å². The fraction of sp³-hybridized carbons (Fsp3) is 0.981. The predicted molar refractivity (Wildman–Crippen MR) is 268 cm³/mol. The minimum atomic E-state index is -1.78. The number of aliphatic hydroxyl groups is 8. The monoisotopic (exact) mass is 976 g/mol.